The van der Waals surface area contributed by atoms with E-state index < -0.39 is 6.10 Å². The van der Waals surface area contributed by atoms with E-state index in [9.17, 15) is 9.90 Å². The van der Waals surface area contributed by atoms with Gasteiger partial charge < -0.3 is 14.6 Å². The number of benzene rings is 1. The Hall–Kier alpha value is -1.55. The van der Waals surface area contributed by atoms with Crippen LogP contribution in [-0.2, 0) is 16.0 Å². The van der Waals surface area contributed by atoms with Gasteiger partial charge in [0.25, 0.3) is 0 Å². The highest BCUT2D eigenvalue weighted by Gasteiger charge is 2.23. The normalized spacial score (nSPS) is 18.8. The van der Waals surface area contributed by atoms with E-state index in [4.69, 9.17) is 9.47 Å². The maximum atomic E-state index is 11.7. The quantitative estimate of drug-likeness (QED) is 0.830. The topological polar surface area (TPSA) is 55.8 Å². The highest BCUT2D eigenvalue weighted by Crippen LogP contribution is 2.33. The van der Waals surface area contributed by atoms with Crippen molar-refractivity contribution >= 4 is 5.97 Å². The maximum Gasteiger partial charge on any atom is 0.347 e. The number of rotatable bonds is 5. The summed E-state index contributed by atoms with van der Waals surface area (Å²) in [7, 11) is 0. The van der Waals surface area contributed by atoms with Gasteiger partial charge in [-0.2, -0.15) is 0 Å². The van der Waals surface area contributed by atoms with E-state index in [0.29, 0.717) is 18.8 Å². The summed E-state index contributed by atoms with van der Waals surface area (Å²) in [6.07, 6.45) is 1.25. The molecule has 1 N–H and O–H groups in total. The molecule has 4 nitrogen and oxygen atoms in total. The first kappa shape index (κ1) is 13.9. The highest BCUT2D eigenvalue weighted by molar-refractivity contribution is 5.75. The lowest BCUT2D eigenvalue weighted by Gasteiger charge is -2.16. The van der Waals surface area contributed by atoms with Gasteiger partial charge in [0.05, 0.1) is 12.7 Å². The summed E-state index contributed by atoms with van der Waals surface area (Å²) >= 11 is 0. The van der Waals surface area contributed by atoms with Crippen molar-refractivity contribution in [2.24, 2.45) is 0 Å². The lowest BCUT2D eigenvalue weighted by molar-refractivity contribution is -0.151. The fourth-order valence-electron chi connectivity index (χ4n) is 2.34. The van der Waals surface area contributed by atoms with Crippen LogP contribution < -0.4 is 4.74 Å². The number of hydrogen-bond acceptors (Lipinski definition) is 4. The first-order valence-electron chi connectivity index (χ1n) is 6.79. The molecule has 1 aliphatic carbocycles. The van der Waals surface area contributed by atoms with Gasteiger partial charge in [-0.15, -0.1) is 0 Å². The second-order valence-corrected chi connectivity index (χ2v) is 4.68. The number of esters is 1. The van der Waals surface area contributed by atoms with E-state index in [-0.39, 0.29) is 12.1 Å². The number of carbonyl (C=O) groups is 1. The van der Waals surface area contributed by atoms with Crippen LogP contribution in [0.1, 0.15) is 43.9 Å². The number of aliphatic hydroxyl groups is 1. The molecule has 19 heavy (non-hydrogen) atoms. The summed E-state index contributed by atoms with van der Waals surface area (Å²) < 4.78 is 10.7. The van der Waals surface area contributed by atoms with E-state index in [1.54, 1.807) is 13.0 Å². The largest absolute Gasteiger partial charge is 0.479 e. The third kappa shape index (κ3) is 3.07. The van der Waals surface area contributed by atoms with Crippen molar-refractivity contribution in [1.82, 2.24) is 0 Å². The van der Waals surface area contributed by atoms with Crippen LogP contribution in [-0.4, -0.2) is 23.8 Å². The lowest BCUT2D eigenvalue weighted by Crippen LogP contribution is -2.28. The monoisotopic (exact) mass is 264 g/mol. The molecule has 1 aliphatic rings. The molecule has 2 atom stereocenters. The Balaban J connectivity index is 2.08. The van der Waals surface area contributed by atoms with Crippen molar-refractivity contribution in [2.45, 2.75) is 45.3 Å². The van der Waals surface area contributed by atoms with Crippen molar-refractivity contribution in [2.75, 3.05) is 6.61 Å². The highest BCUT2D eigenvalue weighted by atomic mass is 16.6. The first-order valence-corrected chi connectivity index (χ1v) is 6.79. The van der Waals surface area contributed by atoms with Crippen LogP contribution >= 0.6 is 0 Å². The zero-order chi connectivity index (χ0) is 13.8. The predicted molar refractivity (Wildman–Crippen MR) is 71.1 cm³/mol. The Kier molecular flexibility index (Phi) is 4.43. The first-order chi connectivity index (χ1) is 9.15. The molecule has 0 saturated carbocycles. The van der Waals surface area contributed by atoms with E-state index in [0.717, 1.165) is 24.0 Å². The molecule has 0 aromatic heterocycles. The Morgan fingerprint density at radius 2 is 2.26 bits per heavy atom. The Morgan fingerprint density at radius 3 is 2.95 bits per heavy atom. The van der Waals surface area contributed by atoms with Gasteiger partial charge in [-0.3, -0.25) is 0 Å². The fourth-order valence-corrected chi connectivity index (χ4v) is 2.34. The third-order valence-corrected chi connectivity index (χ3v) is 3.36. The average Bonchev–Trinajstić information content (AvgIpc) is 2.77. The van der Waals surface area contributed by atoms with Gasteiger partial charge in [-0.05, 0) is 49.4 Å². The molecule has 0 amide bonds. The van der Waals surface area contributed by atoms with Crippen LogP contribution in [0.15, 0.2) is 18.2 Å². The molecule has 0 spiro atoms. The zero-order valence-electron chi connectivity index (χ0n) is 11.4. The van der Waals surface area contributed by atoms with Crippen LogP contribution in [0.3, 0.4) is 0 Å². The van der Waals surface area contributed by atoms with Gasteiger partial charge in [-0.1, -0.05) is 13.0 Å². The number of carbonyl (C=O) groups excluding carboxylic acids is 1. The second kappa shape index (κ2) is 6.06. The van der Waals surface area contributed by atoms with Crippen molar-refractivity contribution in [3.8, 4) is 5.75 Å². The van der Waals surface area contributed by atoms with E-state index in [1.807, 2.05) is 19.1 Å². The zero-order valence-corrected chi connectivity index (χ0v) is 11.4. The molecule has 0 fully saturated rings. The van der Waals surface area contributed by atoms with Gasteiger partial charge in [-0.25, -0.2) is 4.79 Å². The van der Waals surface area contributed by atoms with Gasteiger partial charge in [0.2, 0.25) is 0 Å². The summed E-state index contributed by atoms with van der Waals surface area (Å²) in [5.74, 6) is 0.332. The summed E-state index contributed by atoms with van der Waals surface area (Å²) in [5, 5.41) is 9.74. The number of aliphatic hydroxyl groups excluding tert-OH is 1. The Morgan fingerprint density at radius 1 is 1.47 bits per heavy atom. The molecule has 2 rings (SSSR count). The molecular formula is C15H20O4. The molecule has 1 aromatic carbocycles. The molecule has 0 heterocycles. The van der Waals surface area contributed by atoms with Gasteiger partial charge in [0.15, 0.2) is 6.10 Å². The number of aryl methyl sites for hydroxylation is 1. The molecule has 0 radical (unpaired) electrons. The van der Waals surface area contributed by atoms with E-state index in [2.05, 4.69) is 0 Å². The summed E-state index contributed by atoms with van der Waals surface area (Å²) in [6, 6.07) is 5.59. The van der Waals surface area contributed by atoms with Crippen LogP contribution in [0.5, 0.6) is 5.75 Å². The van der Waals surface area contributed by atoms with Gasteiger partial charge in [0.1, 0.15) is 5.75 Å². The molecule has 0 bridgehead atoms. The predicted octanol–water partition coefficient (Wildman–Crippen LogP) is 2.39. The lowest BCUT2D eigenvalue weighted by atomic mass is 10.1. The van der Waals surface area contributed by atoms with E-state index in [1.165, 1.54) is 0 Å². The smallest absolute Gasteiger partial charge is 0.347 e. The molecule has 4 heteroatoms. The third-order valence-electron chi connectivity index (χ3n) is 3.36. The van der Waals surface area contributed by atoms with E-state index >= 15 is 0 Å². The number of hydrogen-bond donors (Lipinski definition) is 1. The van der Waals surface area contributed by atoms with Crippen LogP contribution in [0.4, 0.5) is 0 Å². The maximum absolute atomic E-state index is 11.7. The number of ether oxygens (including phenoxy) is 2. The SMILES string of the molecule is CCOC(=O)C(CC)Oc1ccc2c(c1)CCC2O. The Bertz CT molecular complexity index is 455. The summed E-state index contributed by atoms with van der Waals surface area (Å²) in [6.45, 7) is 4.02. The van der Waals surface area contributed by atoms with Gasteiger partial charge >= 0.3 is 5.97 Å². The van der Waals surface area contributed by atoms with Crippen LogP contribution in [0.2, 0.25) is 0 Å². The van der Waals surface area contributed by atoms with Crippen molar-refractivity contribution < 1.29 is 19.4 Å². The molecule has 1 aromatic rings. The number of fused-ring (bicyclic) bond motifs is 1. The van der Waals surface area contributed by atoms with Crippen molar-refractivity contribution in [1.29, 1.82) is 0 Å². The molecule has 0 saturated heterocycles. The Labute approximate surface area is 113 Å². The van der Waals surface area contributed by atoms with Crippen molar-refractivity contribution in [3.05, 3.63) is 29.3 Å². The summed E-state index contributed by atoms with van der Waals surface area (Å²) in [5.41, 5.74) is 2.07. The van der Waals surface area contributed by atoms with Gasteiger partial charge in [0, 0.05) is 0 Å². The minimum Gasteiger partial charge on any atom is -0.479 e. The molecule has 0 aliphatic heterocycles. The standard InChI is InChI=1S/C15H20O4/c1-3-14(15(17)18-4-2)19-11-6-7-12-10(9-11)5-8-13(12)16/h6-7,9,13-14,16H,3-5,8H2,1-2H3. The molecular weight excluding hydrogens is 244 g/mol. The van der Waals surface area contributed by atoms with Crippen LogP contribution in [0.25, 0.3) is 0 Å². The van der Waals surface area contributed by atoms with Crippen LogP contribution in [0, 0.1) is 0 Å². The van der Waals surface area contributed by atoms with Crippen molar-refractivity contribution in [3.63, 3.8) is 0 Å². The molecule has 2 unspecified atom stereocenters. The average molecular weight is 264 g/mol. The minimum atomic E-state index is -0.565. The fraction of sp³-hybridized carbons (Fsp3) is 0.533. The molecule has 104 valence electrons. The minimum absolute atomic E-state index is 0.328. The summed E-state index contributed by atoms with van der Waals surface area (Å²) in [4.78, 5) is 11.7. The second-order valence-electron chi connectivity index (χ2n) is 4.68.